The first kappa shape index (κ1) is 73.4. The number of hydrogen-bond donors (Lipinski definition) is 7. The normalized spacial score (nSPS) is 10.4. The molecule has 1 aromatic carbocycles. The van der Waals surface area contributed by atoms with Gasteiger partial charge in [0.25, 0.3) is 10.1 Å². The maximum Gasteiger partial charge on any atom is 0.518 e. The minimum atomic E-state index is -4.52. The number of unbranched alkanes of at least 4 members (excludes halogenated alkanes) is 14. The van der Waals surface area contributed by atoms with Gasteiger partial charge in [-0.15, -0.1) is 0 Å². The molecular formula is C36H75O13P2STi3+. The Hall–Kier alpha value is 0.833. The van der Waals surface area contributed by atoms with Crippen molar-refractivity contribution in [2.45, 2.75) is 188 Å². The van der Waals surface area contributed by atoms with Crippen LogP contribution in [0.5, 0.6) is 0 Å². The smallest absolute Gasteiger partial charge is 0.481 e. The molecule has 19 heteroatoms. The topological polar surface area (TPSA) is 236 Å². The van der Waals surface area contributed by atoms with Gasteiger partial charge in [0, 0.05) is 89.9 Å². The first-order valence-corrected chi connectivity index (χ1v) is 22.8. The van der Waals surface area contributed by atoms with Crippen molar-refractivity contribution in [2.24, 2.45) is 0 Å². The van der Waals surface area contributed by atoms with Gasteiger partial charge in [-0.25, -0.2) is 4.57 Å². The van der Waals surface area contributed by atoms with E-state index in [2.05, 4.69) is 11.2 Å². The quantitative estimate of drug-likeness (QED) is 0.0279. The summed E-state index contributed by atoms with van der Waals surface area (Å²) < 4.78 is 53.5. The molecule has 0 heterocycles. The van der Waals surface area contributed by atoms with Crippen LogP contribution in [0, 0.1) is 6.92 Å². The summed E-state index contributed by atoms with van der Waals surface area (Å²) in [4.78, 5) is 26.3. The summed E-state index contributed by atoms with van der Waals surface area (Å²) in [6, 6.07) is 5.99. The van der Waals surface area contributed by atoms with Crippen molar-refractivity contribution in [1.82, 2.24) is 0 Å². The van der Waals surface area contributed by atoms with E-state index in [1.54, 1.807) is 53.7 Å². The summed E-state index contributed by atoms with van der Waals surface area (Å²) in [6.45, 7) is 16.0. The first-order valence-electron chi connectivity index (χ1n) is 18.4. The van der Waals surface area contributed by atoms with E-state index in [0.29, 0.717) is 6.42 Å². The van der Waals surface area contributed by atoms with E-state index < -0.39 is 31.9 Å². The van der Waals surface area contributed by atoms with E-state index in [9.17, 15) is 22.3 Å². The Morgan fingerprint density at radius 2 is 0.945 bits per heavy atom. The van der Waals surface area contributed by atoms with Crippen LogP contribution in [0.4, 0.5) is 0 Å². The van der Waals surface area contributed by atoms with Gasteiger partial charge in [0.15, 0.2) is 6.16 Å². The van der Waals surface area contributed by atoms with E-state index >= 15 is 0 Å². The Balaban J connectivity index is -0.0000000896. The van der Waals surface area contributed by atoms with Crippen molar-refractivity contribution in [3.05, 3.63) is 29.8 Å². The number of phosphoric acid groups is 1. The van der Waals surface area contributed by atoms with E-state index in [1.165, 1.54) is 103 Å². The number of carboxylic acids is 1. The van der Waals surface area contributed by atoms with Crippen LogP contribution >= 0.6 is 15.9 Å². The van der Waals surface area contributed by atoms with E-state index in [1.807, 2.05) is 6.92 Å². The average molecular weight is 954 g/mol. The summed E-state index contributed by atoms with van der Waals surface area (Å²) in [5, 5.41) is 32.7. The largest absolute Gasteiger partial charge is 0.518 e. The predicted molar refractivity (Wildman–Crippen MR) is 212 cm³/mol. The molecule has 0 fully saturated rings. The molecule has 0 aliphatic rings. The van der Waals surface area contributed by atoms with Gasteiger partial charge in [0.1, 0.15) is 0 Å². The molecule has 1 atom stereocenters. The van der Waals surface area contributed by atoms with Gasteiger partial charge in [-0.2, -0.15) is 8.42 Å². The van der Waals surface area contributed by atoms with Crippen molar-refractivity contribution >= 4 is 31.9 Å². The summed E-state index contributed by atoms with van der Waals surface area (Å²) in [6.07, 6.45) is 19.8. The summed E-state index contributed by atoms with van der Waals surface area (Å²) in [7, 11) is -10.7. The summed E-state index contributed by atoms with van der Waals surface area (Å²) >= 11 is 0. The Morgan fingerprint density at radius 3 is 1.15 bits per heavy atom. The van der Waals surface area contributed by atoms with Gasteiger partial charge in [-0.1, -0.05) is 115 Å². The standard InChI is InChI=1S/C18H36O2.C7H8O3S.3C3H8O.C2H6O5P2.3Ti/c1-2-3-4-5-6-7-8-9-10-11-12-13-14-15-16-17-18(19)20;1-6-2-4-7(5-3-6)11(8,9)10;3*1-3(2)4;1-2-8(3)7-9(4,5)6;;;/h2-17H2,1H3,(H,19,20);2-5H,1H3,(H,8,9,10);3*3-4H,1-2H3;2H2,1H3,(H-,4,5,6);;;/p+1. The molecule has 0 saturated heterocycles. The van der Waals surface area contributed by atoms with Crippen molar-refractivity contribution in [1.29, 1.82) is 0 Å². The van der Waals surface area contributed by atoms with Crippen LogP contribution < -0.4 is 0 Å². The first-order chi connectivity index (χ1) is 23.9. The number of benzene rings is 1. The second kappa shape index (κ2) is 51.0. The SMILES string of the molecule is CC(C)O.CC(C)O.CC(C)O.CCCCCCCCCCCCCCCCCC(=O)O.CC[P+](=O)OP(=O)(O)O.Cc1ccc(S(=O)(=O)O)cc1.[Ti].[Ti].[Ti]. The van der Waals surface area contributed by atoms with Gasteiger partial charge in [0.2, 0.25) is 0 Å². The van der Waals surface area contributed by atoms with Crippen LogP contribution in [0.1, 0.15) is 164 Å². The Bertz CT molecular complexity index is 1070. The molecule has 0 radical (unpaired) electrons. The molecule has 324 valence electrons. The molecule has 1 unspecified atom stereocenters. The Kier molecular flexibility index (Phi) is 68.0. The number of carboxylic acid groups (broad SMARTS) is 1. The Labute approximate surface area is 379 Å². The van der Waals surface area contributed by atoms with Gasteiger partial charge < -0.3 is 30.2 Å². The second-order valence-electron chi connectivity index (χ2n) is 12.9. The molecule has 0 bridgehead atoms. The van der Waals surface area contributed by atoms with Crippen molar-refractivity contribution in [2.75, 3.05) is 6.16 Å². The third-order valence-electron chi connectivity index (χ3n) is 5.77. The molecule has 0 aromatic heterocycles. The molecule has 7 N–H and O–H groups in total. The van der Waals surface area contributed by atoms with Crippen LogP contribution in [-0.2, 0) is 93.5 Å². The van der Waals surface area contributed by atoms with Crippen LogP contribution in [0.3, 0.4) is 0 Å². The minimum Gasteiger partial charge on any atom is -0.481 e. The van der Waals surface area contributed by atoms with E-state index in [-0.39, 0.29) is 94.5 Å². The van der Waals surface area contributed by atoms with E-state index in [4.69, 9.17) is 34.8 Å². The molecule has 0 saturated carbocycles. The fourth-order valence-electron chi connectivity index (χ4n) is 3.53. The molecule has 55 heavy (non-hydrogen) atoms. The van der Waals surface area contributed by atoms with Crippen LogP contribution in [-0.4, -0.2) is 73.6 Å². The van der Waals surface area contributed by atoms with Crippen molar-refractivity contribution in [3.8, 4) is 0 Å². The number of aliphatic carboxylic acids is 1. The number of aryl methyl sites for hydroxylation is 1. The predicted octanol–water partition coefficient (Wildman–Crippen LogP) is 9.59. The minimum absolute atomic E-state index is 0. The average Bonchev–Trinajstić information content (AvgIpc) is 2.98. The zero-order chi connectivity index (χ0) is 41.6. The summed E-state index contributed by atoms with van der Waals surface area (Å²) in [5.41, 5.74) is 0.956. The molecule has 0 spiro atoms. The zero-order valence-electron chi connectivity index (χ0n) is 34.9. The van der Waals surface area contributed by atoms with Gasteiger partial charge in [0.05, 0.1) is 4.90 Å². The second-order valence-corrected chi connectivity index (χ2v) is 17.2. The van der Waals surface area contributed by atoms with Gasteiger partial charge >= 0.3 is 21.8 Å². The van der Waals surface area contributed by atoms with Gasteiger partial charge in [-0.05, 0) is 82.8 Å². The fourth-order valence-corrected chi connectivity index (χ4v) is 5.43. The molecule has 1 rings (SSSR count). The number of aliphatic hydroxyl groups is 3. The number of rotatable bonds is 20. The zero-order valence-corrected chi connectivity index (χ0v) is 42.2. The van der Waals surface area contributed by atoms with Crippen molar-refractivity contribution < 1.29 is 127 Å². The van der Waals surface area contributed by atoms with Crippen LogP contribution in [0.25, 0.3) is 0 Å². The molecule has 0 amide bonds. The molecule has 0 aliphatic heterocycles. The number of hydrogen-bond acceptors (Lipinski definition) is 9. The third kappa shape index (κ3) is 91.8. The monoisotopic (exact) mass is 953 g/mol. The summed E-state index contributed by atoms with van der Waals surface area (Å²) in [5.74, 6) is -0.653. The van der Waals surface area contributed by atoms with E-state index in [0.717, 1.165) is 18.4 Å². The van der Waals surface area contributed by atoms with Crippen LogP contribution in [0.2, 0.25) is 0 Å². The third-order valence-corrected chi connectivity index (χ3v) is 8.73. The molecular weight excluding hydrogens is 878 g/mol. The van der Waals surface area contributed by atoms with Crippen LogP contribution in [0.15, 0.2) is 29.2 Å². The fraction of sp³-hybridized carbons (Fsp3) is 0.806. The molecule has 0 aliphatic carbocycles. The van der Waals surface area contributed by atoms with Crippen molar-refractivity contribution in [3.63, 3.8) is 0 Å². The van der Waals surface area contributed by atoms with Gasteiger partial charge in [-0.3, -0.25) is 9.35 Å². The molecule has 13 nitrogen and oxygen atoms in total. The molecule has 1 aromatic rings. The number of carbonyl (C=O) groups is 1. The Morgan fingerprint density at radius 1 is 0.673 bits per heavy atom. The maximum atomic E-state index is 10.5. The number of aliphatic hydroxyl groups excluding tert-OH is 3. The maximum absolute atomic E-state index is 10.5.